The van der Waals surface area contributed by atoms with E-state index in [1.807, 2.05) is 26.0 Å². The second kappa shape index (κ2) is 10.9. The first-order valence-electron chi connectivity index (χ1n) is 11.1. The molecule has 10 heteroatoms. The van der Waals surface area contributed by atoms with Crippen LogP contribution in [-0.2, 0) is 14.4 Å². The Balaban J connectivity index is 1.58. The Morgan fingerprint density at radius 1 is 1.00 bits per heavy atom. The van der Waals surface area contributed by atoms with Crippen molar-refractivity contribution in [3.63, 3.8) is 0 Å². The number of amides is 5. The number of ether oxygens (including phenoxy) is 1. The van der Waals surface area contributed by atoms with Gasteiger partial charge in [0.15, 0.2) is 6.61 Å². The van der Waals surface area contributed by atoms with Gasteiger partial charge in [-0.2, -0.15) is 0 Å². The van der Waals surface area contributed by atoms with Crippen molar-refractivity contribution in [3.05, 3.63) is 93.0 Å². The van der Waals surface area contributed by atoms with E-state index in [0.717, 1.165) is 16.0 Å². The molecule has 8 nitrogen and oxygen atoms in total. The van der Waals surface area contributed by atoms with Crippen LogP contribution >= 0.6 is 23.2 Å². The van der Waals surface area contributed by atoms with Gasteiger partial charge in [0, 0.05) is 21.3 Å². The van der Waals surface area contributed by atoms with Crippen LogP contribution in [0.15, 0.2) is 66.2 Å². The molecule has 0 aliphatic carbocycles. The van der Waals surface area contributed by atoms with Crippen LogP contribution in [0.3, 0.4) is 0 Å². The number of anilines is 2. The average Bonchev–Trinajstić information content (AvgIpc) is 2.85. The predicted octanol–water partition coefficient (Wildman–Crippen LogP) is 5.29. The molecule has 4 rings (SSSR count). The van der Waals surface area contributed by atoms with E-state index in [2.05, 4.69) is 10.6 Å². The molecule has 0 bridgehead atoms. The van der Waals surface area contributed by atoms with E-state index in [1.54, 1.807) is 12.1 Å². The predicted molar refractivity (Wildman–Crippen MR) is 142 cm³/mol. The van der Waals surface area contributed by atoms with Crippen LogP contribution < -0.4 is 20.3 Å². The normalized spacial score (nSPS) is 14.5. The van der Waals surface area contributed by atoms with Crippen LogP contribution in [0.5, 0.6) is 5.75 Å². The molecule has 5 amide bonds. The van der Waals surface area contributed by atoms with Gasteiger partial charge in [-0.25, -0.2) is 9.69 Å². The minimum absolute atomic E-state index is 0.212. The fraction of sp³-hybridized carbons (Fsp3) is 0.111. The highest BCUT2D eigenvalue weighted by Crippen LogP contribution is 2.28. The molecule has 1 aliphatic heterocycles. The summed E-state index contributed by atoms with van der Waals surface area (Å²) in [5.41, 5.74) is 2.83. The number of halogens is 2. The molecule has 0 spiro atoms. The molecule has 0 aromatic heterocycles. The molecular formula is C27H21Cl2N3O5. The Morgan fingerprint density at radius 3 is 2.43 bits per heavy atom. The third-order valence-electron chi connectivity index (χ3n) is 5.70. The number of imide groups is 2. The summed E-state index contributed by atoms with van der Waals surface area (Å²) in [6, 6.07) is 15.2. The number of benzene rings is 3. The zero-order chi connectivity index (χ0) is 26.7. The number of aryl methyl sites for hydroxylation is 1. The van der Waals surface area contributed by atoms with Crippen LogP contribution in [0.1, 0.15) is 16.7 Å². The smallest absolute Gasteiger partial charge is 0.335 e. The van der Waals surface area contributed by atoms with Crippen LogP contribution in [-0.4, -0.2) is 30.4 Å². The summed E-state index contributed by atoms with van der Waals surface area (Å²) in [5, 5.41) is 5.69. The van der Waals surface area contributed by atoms with Crippen LogP contribution in [0.25, 0.3) is 6.08 Å². The van der Waals surface area contributed by atoms with E-state index in [9.17, 15) is 19.2 Å². The molecule has 0 atom stereocenters. The molecule has 188 valence electrons. The zero-order valence-corrected chi connectivity index (χ0v) is 21.3. The number of rotatable bonds is 6. The third-order valence-corrected chi connectivity index (χ3v) is 6.18. The maximum absolute atomic E-state index is 13.2. The lowest BCUT2D eigenvalue weighted by molar-refractivity contribution is -0.122. The van der Waals surface area contributed by atoms with Crippen molar-refractivity contribution in [2.24, 2.45) is 0 Å². The second-order valence-corrected chi connectivity index (χ2v) is 9.07. The number of carbonyl (C=O) groups excluding carboxylic acids is 4. The minimum atomic E-state index is -0.889. The van der Waals surface area contributed by atoms with Gasteiger partial charge in [0.1, 0.15) is 11.3 Å². The molecule has 1 fully saturated rings. The van der Waals surface area contributed by atoms with E-state index in [0.29, 0.717) is 15.7 Å². The first-order valence-corrected chi connectivity index (χ1v) is 11.8. The fourth-order valence-electron chi connectivity index (χ4n) is 3.62. The van der Waals surface area contributed by atoms with Crippen molar-refractivity contribution in [2.75, 3.05) is 16.8 Å². The largest absolute Gasteiger partial charge is 0.483 e. The number of barbiturate groups is 1. The lowest BCUT2D eigenvalue weighted by atomic mass is 10.1. The number of nitrogens with zero attached hydrogens (tertiary/aromatic N) is 1. The second-order valence-electron chi connectivity index (χ2n) is 8.20. The summed E-state index contributed by atoms with van der Waals surface area (Å²) in [5.74, 6) is -1.90. The van der Waals surface area contributed by atoms with Crippen LogP contribution in [0.4, 0.5) is 16.2 Å². The number of hydrogen-bond acceptors (Lipinski definition) is 5. The SMILES string of the molecule is Cc1cccc(NC(=O)COc2ccc(Cl)cc2/C=C2/C(=O)NC(=O)N(c3ccc(Cl)cc3)C2=O)c1C. The third kappa shape index (κ3) is 5.82. The van der Waals surface area contributed by atoms with Gasteiger partial charge in [-0.15, -0.1) is 0 Å². The van der Waals surface area contributed by atoms with Crippen LogP contribution in [0.2, 0.25) is 10.0 Å². The highest BCUT2D eigenvalue weighted by Gasteiger charge is 2.37. The lowest BCUT2D eigenvalue weighted by Gasteiger charge is -2.26. The zero-order valence-electron chi connectivity index (χ0n) is 19.8. The number of hydrogen-bond donors (Lipinski definition) is 2. The Bertz CT molecular complexity index is 1450. The Labute approximate surface area is 222 Å². The van der Waals surface area contributed by atoms with E-state index in [1.165, 1.54) is 42.5 Å². The van der Waals surface area contributed by atoms with Crippen molar-refractivity contribution < 1.29 is 23.9 Å². The van der Waals surface area contributed by atoms with E-state index >= 15 is 0 Å². The van der Waals surface area contributed by atoms with Gasteiger partial charge >= 0.3 is 6.03 Å². The standard InChI is InChI=1S/C27H21Cl2N3O5/c1-15-4-3-5-22(16(15)2)30-24(33)14-37-23-11-8-19(29)12-17(23)13-21-25(34)31-27(36)32(26(21)35)20-9-6-18(28)7-10-20/h3-13H,14H2,1-2H3,(H,30,33)(H,31,34,36)/b21-13-. The minimum Gasteiger partial charge on any atom is -0.483 e. The van der Waals surface area contributed by atoms with Crippen LogP contribution in [0, 0.1) is 13.8 Å². The van der Waals surface area contributed by atoms with Crippen molar-refractivity contribution in [3.8, 4) is 5.75 Å². The molecule has 1 saturated heterocycles. The van der Waals surface area contributed by atoms with Gasteiger partial charge in [0.2, 0.25) is 0 Å². The summed E-state index contributed by atoms with van der Waals surface area (Å²) < 4.78 is 5.70. The molecule has 3 aromatic carbocycles. The van der Waals surface area contributed by atoms with E-state index in [-0.39, 0.29) is 29.2 Å². The van der Waals surface area contributed by atoms with Gasteiger partial charge < -0.3 is 10.1 Å². The van der Waals surface area contributed by atoms with Gasteiger partial charge in [0.05, 0.1) is 5.69 Å². The van der Waals surface area contributed by atoms with E-state index in [4.69, 9.17) is 27.9 Å². The summed E-state index contributed by atoms with van der Waals surface area (Å²) in [6.45, 7) is 3.51. The van der Waals surface area contributed by atoms with E-state index < -0.39 is 23.8 Å². The van der Waals surface area contributed by atoms with Crippen molar-refractivity contribution in [1.29, 1.82) is 0 Å². The maximum Gasteiger partial charge on any atom is 0.335 e. The van der Waals surface area contributed by atoms with Gasteiger partial charge in [0.25, 0.3) is 17.7 Å². The number of nitrogens with one attached hydrogen (secondary N) is 2. The molecule has 0 saturated carbocycles. The summed E-state index contributed by atoms with van der Waals surface area (Å²) in [4.78, 5) is 51.5. The van der Waals surface area contributed by atoms with Gasteiger partial charge in [-0.05, 0) is 79.6 Å². The molecule has 0 radical (unpaired) electrons. The molecule has 1 aliphatic rings. The molecule has 1 heterocycles. The Hall–Kier alpha value is -4.14. The molecule has 2 N–H and O–H groups in total. The average molecular weight is 538 g/mol. The Kier molecular flexibility index (Phi) is 7.61. The highest BCUT2D eigenvalue weighted by molar-refractivity contribution is 6.39. The first-order chi connectivity index (χ1) is 17.6. The first kappa shape index (κ1) is 25.9. The quantitative estimate of drug-likeness (QED) is 0.328. The molecule has 3 aromatic rings. The van der Waals surface area contributed by atoms with Gasteiger partial charge in [-0.1, -0.05) is 35.3 Å². The Morgan fingerprint density at radius 2 is 1.70 bits per heavy atom. The maximum atomic E-state index is 13.2. The highest BCUT2D eigenvalue weighted by atomic mass is 35.5. The fourth-order valence-corrected chi connectivity index (χ4v) is 3.92. The molecule has 37 heavy (non-hydrogen) atoms. The van der Waals surface area contributed by atoms with Crippen molar-refractivity contribution in [1.82, 2.24) is 5.32 Å². The molecular weight excluding hydrogens is 517 g/mol. The van der Waals surface area contributed by atoms with Crippen molar-refractivity contribution in [2.45, 2.75) is 13.8 Å². The number of carbonyl (C=O) groups is 4. The lowest BCUT2D eigenvalue weighted by Crippen LogP contribution is -2.54. The monoisotopic (exact) mass is 537 g/mol. The summed E-state index contributed by atoms with van der Waals surface area (Å²) >= 11 is 12.0. The number of urea groups is 1. The topological polar surface area (TPSA) is 105 Å². The summed E-state index contributed by atoms with van der Waals surface area (Å²) in [7, 11) is 0. The molecule has 0 unspecified atom stereocenters. The van der Waals surface area contributed by atoms with Crippen molar-refractivity contribution >= 4 is 64.4 Å². The summed E-state index contributed by atoms with van der Waals surface area (Å²) in [6.07, 6.45) is 1.26. The van der Waals surface area contributed by atoms with Gasteiger partial charge in [-0.3, -0.25) is 19.7 Å².